The van der Waals surface area contributed by atoms with Gasteiger partial charge in [0.2, 0.25) is 0 Å². The Balaban J connectivity index is 2.11. The second-order valence-corrected chi connectivity index (χ2v) is 6.78. The van der Waals surface area contributed by atoms with Crippen LogP contribution in [0.1, 0.15) is 0 Å². The van der Waals surface area contributed by atoms with Gasteiger partial charge in [0.15, 0.2) is 0 Å². The lowest BCUT2D eigenvalue weighted by Crippen LogP contribution is -2.15. The Morgan fingerprint density at radius 3 is 2.67 bits per heavy atom. The second-order valence-electron chi connectivity index (χ2n) is 4.20. The van der Waals surface area contributed by atoms with Crippen LogP contribution in [-0.4, -0.2) is 17.2 Å². The van der Waals surface area contributed by atoms with E-state index in [2.05, 4.69) is 13.5 Å². The fourth-order valence-corrected chi connectivity index (χ4v) is 4.00. The lowest BCUT2D eigenvalue weighted by atomic mass is 10.3. The third kappa shape index (κ3) is 2.53. The van der Waals surface area contributed by atoms with Gasteiger partial charge in [-0.1, -0.05) is 23.7 Å². The first kappa shape index (κ1) is 14.1. The summed E-state index contributed by atoms with van der Waals surface area (Å²) in [4.78, 5) is 0.0352. The number of aromatic nitrogens is 2. The number of hydrogen-bond donors (Lipinski definition) is 2. The lowest BCUT2D eigenvalue weighted by Gasteiger charge is -2.11. The van der Waals surface area contributed by atoms with Crippen LogP contribution >= 0.6 is 23.3 Å². The highest BCUT2D eigenvalue weighted by Crippen LogP contribution is 2.31. The minimum Gasteiger partial charge on any atom is -0.397 e. The van der Waals surface area contributed by atoms with Gasteiger partial charge < -0.3 is 5.73 Å². The Hall–Kier alpha value is -1.90. The van der Waals surface area contributed by atoms with Crippen LogP contribution < -0.4 is 10.5 Å². The molecule has 108 valence electrons. The summed E-state index contributed by atoms with van der Waals surface area (Å²) in [5.74, 6) is 0. The molecule has 1 heterocycles. The van der Waals surface area contributed by atoms with Crippen LogP contribution in [0, 0.1) is 0 Å². The largest absolute Gasteiger partial charge is 0.397 e. The smallest absolute Gasteiger partial charge is 0.264 e. The number of hydrogen-bond acceptors (Lipinski definition) is 6. The molecule has 0 spiro atoms. The Kier molecular flexibility index (Phi) is 3.44. The van der Waals surface area contributed by atoms with E-state index in [0.29, 0.717) is 11.0 Å². The molecule has 0 aliphatic heterocycles. The van der Waals surface area contributed by atoms with Gasteiger partial charge in [-0.2, -0.15) is 8.75 Å². The maximum absolute atomic E-state index is 12.5. The molecule has 0 amide bonds. The molecule has 6 nitrogen and oxygen atoms in total. The van der Waals surface area contributed by atoms with E-state index >= 15 is 0 Å². The summed E-state index contributed by atoms with van der Waals surface area (Å²) in [5, 5.41) is 0.224. The van der Waals surface area contributed by atoms with E-state index in [1.807, 2.05) is 0 Å². The van der Waals surface area contributed by atoms with Crippen molar-refractivity contribution >= 4 is 55.8 Å². The van der Waals surface area contributed by atoms with Crippen molar-refractivity contribution in [2.75, 3.05) is 10.5 Å². The molecule has 0 atom stereocenters. The van der Waals surface area contributed by atoms with Gasteiger partial charge in [-0.15, -0.1) is 0 Å². The molecule has 0 aliphatic rings. The Labute approximate surface area is 129 Å². The summed E-state index contributed by atoms with van der Waals surface area (Å²) in [6.07, 6.45) is 0. The van der Waals surface area contributed by atoms with E-state index in [1.54, 1.807) is 30.3 Å². The number of sulfonamides is 1. The zero-order chi connectivity index (χ0) is 15.0. The summed E-state index contributed by atoms with van der Waals surface area (Å²) in [6.45, 7) is 0. The molecule has 0 saturated heterocycles. The molecule has 0 unspecified atom stereocenters. The quantitative estimate of drug-likeness (QED) is 0.714. The monoisotopic (exact) mass is 340 g/mol. The molecule has 1 aromatic heterocycles. The van der Waals surface area contributed by atoms with Crippen molar-refractivity contribution in [2.24, 2.45) is 0 Å². The van der Waals surface area contributed by atoms with Crippen LogP contribution in [0.25, 0.3) is 11.0 Å². The predicted octanol–water partition coefficient (Wildman–Crippen LogP) is 2.73. The number of nitrogen functional groups attached to an aromatic ring is 1. The van der Waals surface area contributed by atoms with Gasteiger partial charge >= 0.3 is 0 Å². The molecule has 0 saturated carbocycles. The molecule has 2 aromatic carbocycles. The van der Waals surface area contributed by atoms with Crippen LogP contribution in [0.4, 0.5) is 11.4 Å². The molecule has 0 radical (unpaired) electrons. The van der Waals surface area contributed by atoms with Crippen LogP contribution in [-0.2, 0) is 10.0 Å². The van der Waals surface area contributed by atoms with E-state index < -0.39 is 10.0 Å². The van der Waals surface area contributed by atoms with Crippen LogP contribution in [0.5, 0.6) is 0 Å². The maximum atomic E-state index is 12.5. The summed E-state index contributed by atoms with van der Waals surface area (Å²) >= 11 is 6.94. The first-order valence-corrected chi connectivity index (χ1v) is 8.36. The molecule has 3 N–H and O–H groups in total. The van der Waals surface area contributed by atoms with E-state index in [1.165, 1.54) is 6.07 Å². The van der Waals surface area contributed by atoms with Gasteiger partial charge in [-0.05, 0) is 24.3 Å². The number of nitrogens with one attached hydrogen (secondary N) is 1. The van der Waals surface area contributed by atoms with Crippen molar-refractivity contribution in [1.82, 2.24) is 8.75 Å². The van der Waals surface area contributed by atoms with Crippen molar-refractivity contribution in [3.63, 3.8) is 0 Å². The SMILES string of the molecule is Nc1cccc(Cl)c1NS(=O)(=O)c1cccc2nsnc12. The third-order valence-corrected chi connectivity index (χ3v) is 5.06. The summed E-state index contributed by atoms with van der Waals surface area (Å²) in [7, 11) is -3.87. The highest BCUT2D eigenvalue weighted by molar-refractivity contribution is 7.93. The molecular weight excluding hydrogens is 332 g/mol. The molecule has 0 aliphatic carbocycles. The predicted molar refractivity (Wildman–Crippen MR) is 84.1 cm³/mol. The standard InChI is InChI=1S/C12H9ClN4O2S2/c13-7-3-1-4-8(14)11(7)17-21(18,19)10-6-2-5-9-12(10)16-20-15-9/h1-6,17H,14H2. The Morgan fingerprint density at radius 1 is 1.14 bits per heavy atom. The van der Waals surface area contributed by atoms with Crippen LogP contribution in [0.2, 0.25) is 5.02 Å². The fraction of sp³-hybridized carbons (Fsp3) is 0. The molecule has 3 aromatic rings. The van der Waals surface area contributed by atoms with Gasteiger partial charge in [0.05, 0.1) is 28.1 Å². The molecule has 9 heteroatoms. The summed E-state index contributed by atoms with van der Waals surface area (Å²) < 4.78 is 35.5. The first-order chi connectivity index (χ1) is 9.99. The average Bonchev–Trinajstić information content (AvgIpc) is 2.91. The average molecular weight is 341 g/mol. The van der Waals surface area contributed by atoms with E-state index in [9.17, 15) is 8.42 Å². The highest BCUT2D eigenvalue weighted by atomic mass is 35.5. The maximum Gasteiger partial charge on any atom is 0.264 e. The van der Waals surface area contributed by atoms with Gasteiger partial charge in [0.1, 0.15) is 15.9 Å². The number of benzene rings is 2. The van der Waals surface area contributed by atoms with Gasteiger partial charge in [0.25, 0.3) is 10.0 Å². The molecule has 0 bridgehead atoms. The first-order valence-electron chi connectivity index (χ1n) is 5.77. The number of fused-ring (bicyclic) bond motifs is 1. The minimum absolute atomic E-state index is 0.0352. The van der Waals surface area contributed by atoms with Gasteiger partial charge in [-0.25, -0.2) is 8.42 Å². The molecular formula is C12H9ClN4O2S2. The van der Waals surface area contributed by atoms with Crippen molar-refractivity contribution in [3.8, 4) is 0 Å². The lowest BCUT2D eigenvalue weighted by molar-refractivity contribution is 0.602. The van der Waals surface area contributed by atoms with Crippen molar-refractivity contribution in [1.29, 1.82) is 0 Å². The zero-order valence-electron chi connectivity index (χ0n) is 10.4. The second kappa shape index (κ2) is 5.14. The van der Waals surface area contributed by atoms with Crippen molar-refractivity contribution in [3.05, 3.63) is 41.4 Å². The minimum atomic E-state index is -3.87. The topological polar surface area (TPSA) is 98.0 Å². The Morgan fingerprint density at radius 2 is 1.90 bits per heavy atom. The Bertz CT molecular complexity index is 904. The van der Waals surface area contributed by atoms with Gasteiger partial charge in [-0.3, -0.25) is 4.72 Å². The highest BCUT2D eigenvalue weighted by Gasteiger charge is 2.21. The van der Waals surface area contributed by atoms with E-state index in [4.69, 9.17) is 17.3 Å². The number of para-hydroxylation sites is 1. The molecule has 0 fully saturated rings. The molecule has 3 rings (SSSR count). The van der Waals surface area contributed by atoms with Crippen LogP contribution in [0.3, 0.4) is 0 Å². The van der Waals surface area contributed by atoms with E-state index in [-0.39, 0.29) is 21.3 Å². The number of nitrogens with two attached hydrogens (primary N) is 1. The zero-order valence-corrected chi connectivity index (χ0v) is 12.8. The normalized spacial score (nSPS) is 11.7. The van der Waals surface area contributed by atoms with Gasteiger partial charge in [0, 0.05) is 0 Å². The number of nitrogens with zero attached hydrogens (tertiary/aromatic N) is 2. The molecule has 21 heavy (non-hydrogen) atoms. The third-order valence-electron chi connectivity index (χ3n) is 2.82. The summed E-state index contributed by atoms with van der Waals surface area (Å²) in [6, 6.07) is 9.52. The van der Waals surface area contributed by atoms with E-state index in [0.717, 1.165) is 11.7 Å². The van der Waals surface area contributed by atoms with Crippen LogP contribution in [0.15, 0.2) is 41.3 Å². The van der Waals surface area contributed by atoms with Crippen molar-refractivity contribution in [2.45, 2.75) is 4.90 Å². The number of halogens is 1. The number of anilines is 2. The summed E-state index contributed by atoms with van der Waals surface area (Å²) in [5.41, 5.74) is 7.00. The number of rotatable bonds is 3. The fourth-order valence-electron chi connectivity index (χ4n) is 1.84. The van der Waals surface area contributed by atoms with Crippen molar-refractivity contribution < 1.29 is 8.42 Å².